The Morgan fingerprint density at radius 3 is 2.77 bits per heavy atom. The number of carboxylic acid groups (broad SMARTS) is 1. The number of hydrogen-bond acceptors (Lipinski definition) is 3. The summed E-state index contributed by atoms with van der Waals surface area (Å²) >= 11 is 0. The molecule has 1 aliphatic heterocycles. The van der Waals surface area contributed by atoms with Gasteiger partial charge in [0.25, 0.3) is 0 Å². The first-order valence-electron chi connectivity index (χ1n) is 4.41. The molecule has 2 fully saturated rings. The van der Waals surface area contributed by atoms with E-state index < -0.39 is 5.97 Å². The Balaban J connectivity index is 1.86. The number of nitrogens with zero attached hydrogens (tertiary/aromatic N) is 1. The molecule has 72 valence electrons. The van der Waals surface area contributed by atoms with Crippen LogP contribution in [-0.2, 0) is 9.59 Å². The van der Waals surface area contributed by atoms with Crippen molar-refractivity contribution in [3.8, 4) is 0 Å². The Morgan fingerprint density at radius 2 is 2.31 bits per heavy atom. The molecule has 1 spiro atoms. The van der Waals surface area contributed by atoms with Gasteiger partial charge in [-0.2, -0.15) is 0 Å². The molecule has 0 radical (unpaired) electrons. The van der Waals surface area contributed by atoms with Crippen LogP contribution < -0.4 is 5.43 Å². The molecule has 0 bridgehead atoms. The zero-order chi connectivity index (χ0) is 9.47. The molecule has 2 aliphatic rings. The fourth-order valence-corrected chi connectivity index (χ4v) is 1.60. The van der Waals surface area contributed by atoms with Crippen molar-refractivity contribution < 1.29 is 14.7 Å². The summed E-state index contributed by atoms with van der Waals surface area (Å²) in [7, 11) is 0. The summed E-state index contributed by atoms with van der Waals surface area (Å²) in [5, 5.41) is 9.89. The van der Waals surface area contributed by atoms with Crippen molar-refractivity contribution >= 4 is 11.9 Å². The van der Waals surface area contributed by atoms with E-state index in [9.17, 15) is 9.59 Å². The molecule has 5 heteroatoms. The molecule has 0 unspecified atom stereocenters. The molecule has 2 N–H and O–H groups in total. The molecule has 1 saturated heterocycles. The average Bonchev–Trinajstić information content (AvgIpc) is 2.69. The van der Waals surface area contributed by atoms with E-state index in [-0.39, 0.29) is 24.4 Å². The number of aliphatic carboxylic acids is 1. The van der Waals surface area contributed by atoms with Crippen LogP contribution in [0.5, 0.6) is 0 Å². The van der Waals surface area contributed by atoms with Gasteiger partial charge in [-0.15, -0.1) is 0 Å². The van der Waals surface area contributed by atoms with Gasteiger partial charge in [0.1, 0.15) is 0 Å². The number of nitrogens with one attached hydrogen (secondary N) is 1. The van der Waals surface area contributed by atoms with Crippen LogP contribution in [0.25, 0.3) is 0 Å². The number of hydrazine groups is 1. The molecule has 0 aromatic rings. The summed E-state index contributed by atoms with van der Waals surface area (Å²) in [4.78, 5) is 21.6. The Bertz CT molecular complexity index is 260. The van der Waals surface area contributed by atoms with Crippen molar-refractivity contribution in [3.63, 3.8) is 0 Å². The van der Waals surface area contributed by atoms with Gasteiger partial charge in [0, 0.05) is 18.5 Å². The van der Waals surface area contributed by atoms with Crippen molar-refractivity contribution in [1.29, 1.82) is 0 Å². The van der Waals surface area contributed by atoms with Gasteiger partial charge >= 0.3 is 5.97 Å². The third kappa shape index (κ3) is 1.65. The maximum atomic E-state index is 11.3. The summed E-state index contributed by atoms with van der Waals surface area (Å²) in [5.41, 5.74) is 3.08. The molecule has 0 atom stereocenters. The lowest BCUT2D eigenvalue weighted by molar-refractivity contribution is -0.138. The molecule has 1 aliphatic carbocycles. The number of carboxylic acids is 1. The fourth-order valence-electron chi connectivity index (χ4n) is 1.60. The molecule has 0 aromatic carbocycles. The van der Waals surface area contributed by atoms with Crippen LogP contribution in [0.4, 0.5) is 0 Å². The van der Waals surface area contributed by atoms with Crippen LogP contribution in [0.2, 0.25) is 0 Å². The normalized spacial score (nSPS) is 24.0. The van der Waals surface area contributed by atoms with E-state index in [0.29, 0.717) is 6.42 Å². The topological polar surface area (TPSA) is 69.6 Å². The van der Waals surface area contributed by atoms with Gasteiger partial charge in [-0.3, -0.25) is 14.6 Å². The van der Waals surface area contributed by atoms with E-state index >= 15 is 0 Å². The van der Waals surface area contributed by atoms with Gasteiger partial charge in [0.2, 0.25) is 5.91 Å². The standard InChI is InChI=1S/C8H12N2O3/c11-6-5-8(2-3-8)9-10(6)4-1-7(12)13/h9H,1-5H2,(H,12,13). The van der Waals surface area contributed by atoms with Crippen molar-refractivity contribution in [1.82, 2.24) is 10.4 Å². The SMILES string of the molecule is O=C(O)CCN1NC2(CC2)CC1=O. The number of carbonyl (C=O) groups is 2. The van der Waals surface area contributed by atoms with Crippen LogP contribution in [0.15, 0.2) is 0 Å². The highest BCUT2D eigenvalue weighted by Crippen LogP contribution is 2.42. The van der Waals surface area contributed by atoms with Gasteiger partial charge in [-0.05, 0) is 12.8 Å². The van der Waals surface area contributed by atoms with Crippen molar-refractivity contribution in [2.45, 2.75) is 31.2 Å². The summed E-state index contributed by atoms with van der Waals surface area (Å²) in [5.74, 6) is -0.843. The van der Waals surface area contributed by atoms with Gasteiger partial charge in [-0.1, -0.05) is 0 Å². The lowest BCUT2D eigenvalue weighted by Gasteiger charge is -2.16. The highest BCUT2D eigenvalue weighted by atomic mass is 16.4. The van der Waals surface area contributed by atoms with Crippen LogP contribution in [0.3, 0.4) is 0 Å². The van der Waals surface area contributed by atoms with Crippen LogP contribution in [-0.4, -0.2) is 34.1 Å². The maximum absolute atomic E-state index is 11.3. The minimum Gasteiger partial charge on any atom is -0.481 e. The smallest absolute Gasteiger partial charge is 0.305 e. The largest absolute Gasteiger partial charge is 0.481 e. The second kappa shape index (κ2) is 2.70. The van der Waals surface area contributed by atoms with E-state index in [1.54, 1.807) is 0 Å². The van der Waals surface area contributed by atoms with Gasteiger partial charge < -0.3 is 5.11 Å². The summed E-state index contributed by atoms with van der Waals surface area (Å²) < 4.78 is 0. The fraction of sp³-hybridized carbons (Fsp3) is 0.750. The molecule has 0 aromatic heterocycles. The quantitative estimate of drug-likeness (QED) is 0.633. The van der Waals surface area contributed by atoms with Crippen LogP contribution in [0, 0.1) is 0 Å². The van der Waals surface area contributed by atoms with Crippen LogP contribution >= 0.6 is 0 Å². The minimum atomic E-state index is -0.869. The lowest BCUT2D eigenvalue weighted by atomic mass is 10.2. The summed E-state index contributed by atoms with van der Waals surface area (Å²) in [6, 6.07) is 0. The molecular formula is C8H12N2O3. The summed E-state index contributed by atoms with van der Waals surface area (Å²) in [6.07, 6.45) is 2.60. The molecule has 2 rings (SSSR count). The first-order valence-corrected chi connectivity index (χ1v) is 4.41. The van der Waals surface area contributed by atoms with Crippen molar-refractivity contribution in [2.75, 3.05) is 6.54 Å². The van der Waals surface area contributed by atoms with E-state index in [1.165, 1.54) is 5.01 Å². The lowest BCUT2D eigenvalue weighted by Crippen LogP contribution is -2.39. The predicted octanol–water partition coefficient (Wildman–Crippen LogP) is -0.269. The van der Waals surface area contributed by atoms with Crippen molar-refractivity contribution in [2.24, 2.45) is 0 Å². The van der Waals surface area contributed by atoms with E-state index in [4.69, 9.17) is 5.11 Å². The zero-order valence-corrected chi connectivity index (χ0v) is 7.25. The van der Waals surface area contributed by atoms with Crippen molar-refractivity contribution in [3.05, 3.63) is 0 Å². The molecule has 1 heterocycles. The third-order valence-electron chi connectivity index (χ3n) is 2.57. The molecule has 1 amide bonds. The first kappa shape index (κ1) is 8.50. The van der Waals surface area contributed by atoms with Gasteiger partial charge in [-0.25, -0.2) is 5.43 Å². The van der Waals surface area contributed by atoms with Crippen LogP contribution in [0.1, 0.15) is 25.7 Å². The number of rotatable bonds is 3. The zero-order valence-electron chi connectivity index (χ0n) is 7.25. The second-order valence-electron chi connectivity index (χ2n) is 3.76. The molecule has 1 saturated carbocycles. The Labute approximate surface area is 75.7 Å². The molecule has 5 nitrogen and oxygen atoms in total. The Hall–Kier alpha value is -1.10. The Kier molecular flexibility index (Phi) is 1.76. The van der Waals surface area contributed by atoms with E-state index in [2.05, 4.69) is 5.43 Å². The molecule has 13 heavy (non-hydrogen) atoms. The first-order chi connectivity index (χ1) is 6.11. The monoisotopic (exact) mass is 184 g/mol. The predicted molar refractivity (Wildman–Crippen MR) is 43.7 cm³/mol. The Morgan fingerprint density at radius 1 is 1.62 bits per heavy atom. The number of amides is 1. The third-order valence-corrected chi connectivity index (χ3v) is 2.57. The number of carbonyl (C=O) groups excluding carboxylic acids is 1. The molecular weight excluding hydrogens is 172 g/mol. The number of hydrogen-bond donors (Lipinski definition) is 2. The van der Waals surface area contributed by atoms with E-state index in [0.717, 1.165) is 12.8 Å². The second-order valence-corrected chi connectivity index (χ2v) is 3.76. The highest BCUT2D eigenvalue weighted by Gasteiger charge is 2.51. The minimum absolute atomic E-state index is 0.00875. The highest BCUT2D eigenvalue weighted by molar-refractivity contribution is 5.80. The van der Waals surface area contributed by atoms with E-state index in [1.807, 2.05) is 0 Å². The maximum Gasteiger partial charge on any atom is 0.305 e. The van der Waals surface area contributed by atoms with Gasteiger partial charge in [0.15, 0.2) is 0 Å². The van der Waals surface area contributed by atoms with Gasteiger partial charge in [0.05, 0.1) is 6.42 Å². The average molecular weight is 184 g/mol. The summed E-state index contributed by atoms with van der Waals surface area (Å²) in [6.45, 7) is 0.274.